The Bertz CT molecular complexity index is 5430. The van der Waals surface area contributed by atoms with E-state index in [2.05, 4.69) is 182 Å². The van der Waals surface area contributed by atoms with Gasteiger partial charge < -0.3 is 14.9 Å². The number of nitrogens with zero attached hydrogens (tertiary/aromatic N) is 12. The summed E-state index contributed by atoms with van der Waals surface area (Å²) in [5.74, 6) is 32.6. The number of halogens is 1. The quantitative estimate of drug-likeness (QED) is 0.151. The first-order valence-electron chi connectivity index (χ1n) is 35.7. The molecule has 0 saturated carbocycles. The van der Waals surface area contributed by atoms with Crippen molar-refractivity contribution in [3.8, 4) is 93.0 Å². The van der Waals surface area contributed by atoms with E-state index in [-0.39, 0.29) is 12.4 Å². The van der Waals surface area contributed by atoms with Gasteiger partial charge >= 0.3 is 0 Å². The van der Waals surface area contributed by atoms with Gasteiger partial charge in [-0.2, -0.15) is 0 Å². The molecule has 13 aromatic rings. The van der Waals surface area contributed by atoms with Crippen molar-refractivity contribution in [3.63, 3.8) is 0 Å². The lowest BCUT2D eigenvalue weighted by atomic mass is 10.0. The van der Waals surface area contributed by atoms with Crippen LogP contribution in [-0.2, 0) is 13.0 Å². The molecule has 1 N–H and O–H groups in total. The Morgan fingerprint density at radius 3 is 1.21 bits per heavy atom. The summed E-state index contributed by atoms with van der Waals surface area (Å²) >= 11 is 8.03. The topological polar surface area (TPSA) is 156 Å². The van der Waals surface area contributed by atoms with Crippen molar-refractivity contribution in [1.82, 2.24) is 49.8 Å². The van der Waals surface area contributed by atoms with Crippen molar-refractivity contribution in [2.75, 3.05) is 22.9 Å². The number of aliphatic hydroxyl groups excluding tert-OH is 1. The summed E-state index contributed by atoms with van der Waals surface area (Å²) in [6, 6.07) is 42.1. The van der Waals surface area contributed by atoms with Gasteiger partial charge in [0.1, 0.15) is 45.9 Å². The molecule has 2 atom stereocenters. The maximum absolute atomic E-state index is 13.9. The summed E-state index contributed by atoms with van der Waals surface area (Å²) in [4.78, 5) is 48.9. The van der Waals surface area contributed by atoms with Crippen LogP contribution in [0.2, 0.25) is 0 Å². The maximum Gasteiger partial charge on any atom is 0.132 e. The van der Waals surface area contributed by atoms with E-state index < -0.39 is 0 Å². The van der Waals surface area contributed by atoms with E-state index in [0.717, 1.165) is 141 Å². The number of pyridine rings is 5. The predicted molar refractivity (Wildman–Crippen MR) is 443 cm³/mol. The van der Waals surface area contributed by atoms with Gasteiger partial charge in [0.25, 0.3) is 0 Å². The second-order valence-corrected chi connectivity index (χ2v) is 30.9. The number of hydrogen-bond donors (Lipinski definition) is 1. The Morgan fingerprint density at radius 1 is 0.417 bits per heavy atom. The maximum atomic E-state index is 13.9. The molecule has 0 bridgehead atoms. The van der Waals surface area contributed by atoms with Gasteiger partial charge in [0.2, 0.25) is 0 Å². The molecule has 108 heavy (non-hydrogen) atoms. The van der Waals surface area contributed by atoms with Gasteiger partial charge in [-0.25, -0.2) is 39.3 Å². The molecular formula is C89H81FN12OS5. The molecular weight excluding hydrogens is 1430 g/mol. The normalized spacial score (nSPS) is 13.2. The molecule has 0 radical (unpaired) electrons. The average molecular weight is 1510 g/mol. The second-order valence-electron chi connectivity index (χ2n) is 25.6. The fraction of sp³-hybridized carbons (Fsp3) is 0.236. The van der Waals surface area contributed by atoms with E-state index >= 15 is 0 Å². The highest BCUT2D eigenvalue weighted by atomic mass is 32.1. The minimum atomic E-state index is -0.269. The smallest absolute Gasteiger partial charge is 0.132 e. The van der Waals surface area contributed by atoms with Crippen molar-refractivity contribution >= 4 is 68.3 Å². The van der Waals surface area contributed by atoms with Gasteiger partial charge in [-0.15, -0.1) is 56.7 Å². The molecule has 19 heteroatoms. The second kappa shape index (κ2) is 39.4. The average Bonchev–Trinajstić information content (AvgIpc) is 1.62. The molecule has 2 aliphatic rings. The molecule has 540 valence electrons. The number of aromatic nitrogens is 10. The molecule has 2 saturated heterocycles. The van der Waals surface area contributed by atoms with Gasteiger partial charge in [0.05, 0.1) is 48.7 Å². The molecule has 0 amide bonds. The monoisotopic (exact) mass is 1510 g/mol. The molecule has 0 aliphatic carbocycles. The zero-order valence-corrected chi connectivity index (χ0v) is 65.9. The highest BCUT2D eigenvalue weighted by Gasteiger charge is 2.28. The van der Waals surface area contributed by atoms with E-state index in [1.54, 1.807) is 87.3 Å². The van der Waals surface area contributed by atoms with Crippen LogP contribution in [-0.4, -0.2) is 80.1 Å². The summed E-state index contributed by atoms with van der Waals surface area (Å²) in [6.07, 6.45) is 17.7. The first kappa shape index (κ1) is 77.9. The third-order valence-electron chi connectivity index (χ3n) is 17.2. The van der Waals surface area contributed by atoms with E-state index in [9.17, 15) is 9.50 Å². The number of aryl methyl sites for hydroxylation is 7. The number of rotatable bonds is 7. The van der Waals surface area contributed by atoms with Crippen LogP contribution in [0.3, 0.4) is 0 Å². The molecule has 2 fully saturated rings. The molecule has 3 aromatic carbocycles. The van der Waals surface area contributed by atoms with E-state index in [1.807, 2.05) is 148 Å². The third kappa shape index (κ3) is 23.4. The molecule has 15 rings (SSSR count). The lowest BCUT2D eigenvalue weighted by Crippen LogP contribution is -2.33. The van der Waals surface area contributed by atoms with Gasteiger partial charge in [-0.05, 0) is 207 Å². The molecule has 12 heterocycles. The number of aliphatic hydroxyl groups is 1. The number of thiazole rings is 5. The highest BCUT2D eigenvalue weighted by molar-refractivity contribution is 7.10. The van der Waals surface area contributed by atoms with Crippen LogP contribution in [0.5, 0.6) is 0 Å². The lowest BCUT2D eigenvalue weighted by molar-refractivity contribution is 0.282. The Hall–Kier alpha value is -11.2. The van der Waals surface area contributed by atoms with E-state index in [1.165, 1.54) is 55.7 Å². The lowest BCUT2D eigenvalue weighted by Gasteiger charge is -2.27. The van der Waals surface area contributed by atoms with Crippen molar-refractivity contribution < 1.29 is 9.50 Å². The molecule has 2 unspecified atom stereocenters. The Balaban J connectivity index is 0.000000134. The summed E-state index contributed by atoms with van der Waals surface area (Å²) in [7, 11) is 0. The van der Waals surface area contributed by atoms with Gasteiger partial charge in [-0.1, -0.05) is 103 Å². The van der Waals surface area contributed by atoms with E-state index in [4.69, 9.17) is 0 Å². The van der Waals surface area contributed by atoms with Crippen LogP contribution in [0, 0.1) is 107 Å². The van der Waals surface area contributed by atoms with Crippen molar-refractivity contribution in [1.29, 1.82) is 0 Å². The van der Waals surface area contributed by atoms with Crippen molar-refractivity contribution in [3.05, 3.63) is 289 Å². The third-order valence-corrected chi connectivity index (χ3v) is 21.0. The van der Waals surface area contributed by atoms with Gasteiger partial charge in [0, 0.05) is 128 Å². The fourth-order valence-corrected chi connectivity index (χ4v) is 14.4. The zero-order chi connectivity index (χ0) is 75.6. The summed E-state index contributed by atoms with van der Waals surface area (Å²) in [5, 5.41) is 24.1. The summed E-state index contributed by atoms with van der Waals surface area (Å²) in [5.41, 5.74) is 16.8. The Kier molecular flexibility index (Phi) is 28.5. The molecule has 0 spiro atoms. The van der Waals surface area contributed by atoms with Crippen LogP contribution in [0.1, 0.15) is 157 Å². The SMILES string of the molecule is CCc1ccccc1-c1ccc(C#Cc2csc(C)n2)cn1.Cc1ccc(F)c(-c2ccc(C#Cc3csc(C)n3)cn2)c1.Cc1nc(C#Cc2ccc(-c3cccc(CO)c3)nc2)cs1.Cc1nc(C#Cc2ccc(N3C(C)CCC3C)nc2)cs1.Cc1nc(C#Cc2ccc(N3CCCCCC3)nc2)cs1. The van der Waals surface area contributed by atoms with Gasteiger partial charge in [0.15, 0.2) is 0 Å². The largest absolute Gasteiger partial charge is 0.392 e. The molecule has 2 aliphatic heterocycles. The first-order chi connectivity index (χ1) is 52.6. The minimum Gasteiger partial charge on any atom is -0.392 e. The van der Waals surface area contributed by atoms with Crippen LogP contribution < -0.4 is 9.80 Å². The van der Waals surface area contributed by atoms with Crippen LogP contribution in [0.25, 0.3) is 33.8 Å². The summed E-state index contributed by atoms with van der Waals surface area (Å²) < 4.78 is 13.9. The Labute approximate surface area is 653 Å². The van der Waals surface area contributed by atoms with Gasteiger partial charge in [-0.3, -0.25) is 15.0 Å². The van der Waals surface area contributed by atoms with Crippen molar-refractivity contribution in [2.45, 2.75) is 126 Å². The fourth-order valence-electron chi connectivity index (χ4n) is 11.6. The molecule has 13 nitrogen and oxygen atoms in total. The van der Waals surface area contributed by atoms with E-state index in [0.29, 0.717) is 23.3 Å². The van der Waals surface area contributed by atoms with Crippen LogP contribution in [0.4, 0.5) is 16.0 Å². The number of benzene rings is 3. The number of anilines is 2. The predicted octanol–water partition coefficient (Wildman–Crippen LogP) is 19.5. The summed E-state index contributed by atoms with van der Waals surface area (Å²) in [6.45, 7) is 20.8. The number of hydrogen-bond acceptors (Lipinski definition) is 18. The van der Waals surface area contributed by atoms with Crippen LogP contribution >= 0.6 is 56.7 Å². The standard InChI is InChI=1S/C19H16N2S.C18H13FN2S.C18H14N2OS.2C17H19N3S/c1-3-16-6-4-5-7-18(16)19-11-9-15(12-20-19)8-10-17-13-22-14(2)21-17;1-12-3-7-17(19)16(9-12)18-8-5-14(10-20-18)4-6-15-11-22-13(2)21-15;1-13-20-17(12-22-13)7-5-14-6-8-18(19-10-14)16-4-2-3-15(9-16)11-21;1-12-4-5-13(2)20(12)17-9-7-15(10-18-17)6-8-16-11-21-14(3)19-16;1-14-19-16(13-21-14)8-6-15-7-9-17(18-12-15)20-10-4-2-3-5-11-20/h4-7,9,11-13H,3H2,1-2H3;3,5,7-11H,1-2H3;2-4,6,8-10,12,21H,11H2,1H3;7,9-13H,4-5H2,1-3H3;7,9,12-13H,2-5,10-11H2,1H3. The zero-order valence-electron chi connectivity index (χ0n) is 61.9. The van der Waals surface area contributed by atoms with Crippen molar-refractivity contribution in [2.24, 2.45) is 0 Å². The molecule has 10 aromatic heterocycles. The first-order valence-corrected chi connectivity index (χ1v) is 40.1. The Morgan fingerprint density at radius 2 is 0.824 bits per heavy atom. The van der Waals surface area contributed by atoms with Crippen LogP contribution in [0.15, 0.2) is 185 Å². The minimum absolute atomic E-state index is 0.0322. The highest BCUT2D eigenvalue weighted by Crippen LogP contribution is 2.30.